The van der Waals surface area contributed by atoms with Gasteiger partial charge in [-0.3, -0.25) is 14.5 Å². The third kappa shape index (κ3) is 2.79. The highest BCUT2D eigenvalue weighted by Crippen LogP contribution is 2.22. The van der Waals surface area contributed by atoms with Gasteiger partial charge in [0.05, 0.1) is 23.3 Å². The van der Waals surface area contributed by atoms with Crippen LogP contribution in [0.25, 0.3) is 0 Å². The molecule has 0 spiro atoms. The van der Waals surface area contributed by atoms with Crippen LogP contribution in [0.3, 0.4) is 0 Å². The second-order valence-corrected chi connectivity index (χ2v) is 5.12. The normalized spacial score (nSPS) is 12.9. The summed E-state index contributed by atoms with van der Waals surface area (Å²) < 4.78 is 5.56. The number of carbonyl (C=O) groups is 2. The molecule has 0 saturated heterocycles. The number of para-hydroxylation sites is 1. The fourth-order valence-corrected chi connectivity index (χ4v) is 2.53. The molecule has 0 aromatic heterocycles. The summed E-state index contributed by atoms with van der Waals surface area (Å²) in [4.78, 5) is 25.6. The summed E-state index contributed by atoms with van der Waals surface area (Å²) in [5.74, 6) is -0.0107. The van der Waals surface area contributed by atoms with Gasteiger partial charge >= 0.3 is 0 Å². The molecule has 0 radical (unpaired) electrons. The molecule has 0 unspecified atom stereocenters. The number of hydrogen-bond donors (Lipinski definition) is 0. The van der Waals surface area contributed by atoms with Gasteiger partial charge in [0, 0.05) is 6.54 Å². The summed E-state index contributed by atoms with van der Waals surface area (Å²) >= 11 is 0. The molecule has 23 heavy (non-hydrogen) atoms. The van der Waals surface area contributed by atoms with E-state index in [1.807, 2.05) is 0 Å². The molecule has 5 heteroatoms. The Bertz CT molecular complexity index is 773. The lowest BCUT2D eigenvalue weighted by Crippen LogP contribution is -2.31. The van der Waals surface area contributed by atoms with Crippen LogP contribution in [0.15, 0.2) is 48.5 Å². The zero-order chi connectivity index (χ0) is 16.2. The van der Waals surface area contributed by atoms with Gasteiger partial charge in [-0.05, 0) is 30.7 Å². The minimum absolute atomic E-state index is 0.261. The van der Waals surface area contributed by atoms with E-state index in [9.17, 15) is 9.59 Å². The van der Waals surface area contributed by atoms with Gasteiger partial charge in [0.2, 0.25) is 0 Å². The second kappa shape index (κ2) is 6.32. The summed E-state index contributed by atoms with van der Waals surface area (Å²) in [5, 5.41) is 8.99. The lowest BCUT2D eigenvalue weighted by molar-refractivity contribution is 0.0646. The first-order valence-electron chi connectivity index (χ1n) is 7.29. The van der Waals surface area contributed by atoms with E-state index in [4.69, 9.17) is 10.00 Å². The molecule has 2 aromatic rings. The zero-order valence-corrected chi connectivity index (χ0v) is 12.4. The Morgan fingerprint density at radius 2 is 1.57 bits per heavy atom. The highest BCUT2D eigenvalue weighted by molar-refractivity contribution is 6.21. The van der Waals surface area contributed by atoms with Gasteiger partial charge in [-0.25, -0.2) is 0 Å². The van der Waals surface area contributed by atoms with E-state index in [1.165, 1.54) is 4.90 Å². The second-order valence-electron chi connectivity index (χ2n) is 5.12. The van der Waals surface area contributed by atoms with Gasteiger partial charge < -0.3 is 4.74 Å². The Morgan fingerprint density at radius 3 is 2.22 bits per heavy atom. The maximum atomic E-state index is 12.2. The number of amides is 2. The van der Waals surface area contributed by atoms with Gasteiger partial charge in [-0.1, -0.05) is 24.3 Å². The zero-order valence-electron chi connectivity index (χ0n) is 12.4. The molecule has 3 rings (SSSR count). The minimum atomic E-state index is -0.261. The molecular formula is C18H14N2O3. The largest absolute Gasteiger partial charge is 0.492 e. The van der Waals surface area contributed by atoms with E-state index in [-0.39, 0.29) is 11.8 Å². The number of benzene rings is 2. The monoisotopic (exact) mass is 306 g/mol. The lowest BCUT2D eigenvalue weighted by atomic mass is 10.1. The quantitative estimate of drug-likeness (QED) is 0.629. The summed E-state index contributed by atoms with van der Waals surface area (Å²) in [7, 11) is 0. The minimum Gasteiger partial charge on any atom is -0.492 e. The molecule has 114 valence electrons. The average molecular weight is 306 g/mol. The summed E-state index contributed by atoms with van der Waals surface area (Å²) in [6.45, 7) is 0.618. The van der Waals surface area contributed by atoms with Crippen molar-refractivity contribution < 1.29 is 14.3 Å². The molecule has 0 fully saturated rings. The van der Waals surface area contributed by atoms with Gasteiger partial charge in [0.1, 0.15) is 11.8 Å². The number of nitriles is 1. The molecule has 0 aliphatic carbocycles. The first-order chi connectivity index (χ1) is 11.2. The molecule has 1 aliphatic heterocycles. The van der Waals surface area contributed by atoms with Crippen LogP contribution in [-0.2, 0) is 0 Å². The van der Waals surface area contributed by atoms with Gasteiger partial charge in [0.25, 0.3) is 11.8 Å². The lowest BCUT2D eigenvalue weighted by Gasteiger charge is -2.14. The molecule has 0 atom stereocenters. The molecule has 0 bridgehead atoms. The topological polar surface area (TPSA) is 70.4 Å². The van der Waals surface area contributed by atoms with Crippen LogP contribution in [0.5, 0.6) is 5.75 Å². The number of fused-ring (bicyclic) bond motifs is 1. The summed E-state index contributed by atoms with van der Waals surface area (Å²) in [6.07, 6.45) is 0.505. The van der Waals surface area contributed by atoms with Crippen LogP contribution in [0.4, 0.5) is 0 Å². The highest BCUT2D eigenvalue weighted by Gasteiger charge is 2.34. The van der Waals surface area contributed by atoms with E-state index in [1.54, 1.807) is 48.5 Å². The molecule has 1 aliphatic rings. The van der Waals surface area contributed by atoms with Gasteiger partial charge in [-0.2, -0.15) is 5.26 Å². The molecule has 2 aromatic carbocycles. The van der Waals surface area contributed by atoms with Crippen LogP contribution in [0.2, 0.25) is 0 Å². The van der Waals surface area contributed by atoms with Gasteiger partial charge in [0.15, 0.2) is 0 Å². The fraction of sp³-hybridized carbons (Fsp3) is 0.167. The van der Waals surface area contributed by atoms with E-state index in [0.29, 0.717) is 42.0 Å². The number of rotatable bonds is 5. The van der Waals surface area contributed by atoms with Crippen molar-refractivity contribution in [3.8, 4) is 11.8 Å². The van der Waals surface area contributed by atoms with E-state index < -0.39 is 0 Å². The Labute approximate surface area is 133 Å². The third-order valence-corrected chi connectivity index (χ3v) is 3.67. The van der Waals surface area contributed by atoms with Crippen LogP contribution in [-0.4, -0.2) is 29.9 Å². The highest BCUT2D eigenvalue weighted by atomic mass is 16.5. The Kier molecular flexibility index (Phi) is 4.07. The number of carbonyl (C=O) groups excluding carboxylic acids is 2. The average Bonchev–Trinajstić information content (AvgIpc) is 2.84. The molecular weight excluding hydrogens is 292 g/mol. The van der Waals surface area contributed by atoms with E-state index in [2.05, 4.69) is 6.07 Å². The van der Waals surface area contributed by atoms with Crippen molar-refractivity contribution in [2.24, 2.45) is 0 Å². The maximum Gasteiger partial charge on any atom is 0.261 e. The summed E-state index contributed by atoms with van der Waals surface area (Å²) in [6, 6.07) is 15.8. The maximum absolute atomic E-state index is 12.2. The smallest absolute Gasteiger partial charge is 0.261 e. The third-order valence-electron chi connectivity index (χ3n) is 3.67. The predicted octanol–water partition coefficient (Wildman–Crippen LogP) is 2.62. The van der Waals surface area contributed by atoms with Crippen molar-refractivity contribution in [2.45, 2.75) is 6.42 Å². The molecule has 5 nitrogen and oxygen atoms in total. The van der Waals surface area contributed by atoms with Crippen molar-refractivity contribution in [3.05, 3.63) is 65.2 Å². The number of imide groups is 1. The van der Waals surface area contributed by atoms with E-state index >= 15 is 0 Å². The standard InChI is InChI=1S/C18H14N2O3/c19-12-13-6-1-4-9-16(13)23-11-5-10-20-17(21)14-7-2-3-8-15(14)18(20)22/h1-4,6-9H,5,10-11H2. The van der Waals surface area contributed by atoms with Crippen molar-refractivity contribution in [3.63, 3.8) is 0 Å². The van der Waals surface area contributed by atoms with E-state index in [0.717, 1.165) is 0 Å². The number of hydrogen-bond acceptors (Lipinski definition) is 4. The molecule has 1 heterocycles. The Hall–Kier alpha value is -3.13. The number of ether oxygens (including phenoxy) is 1. The Morgan fingerprint density at radius 1 is 0.957 bits per heavy atom. The van der Waals surface area contributed by atoms with Crippen molar-refractivity contribution in [2.75, 3.05) is 13.2 Å². The molecule has 0 N–H and O–H groups in total. The van der Waals surface area contributed by atoms with Gasteiger partial charge in [-0.15, -0.1) is 0 Å². The van der Waals surface area contributed by atoms with Crippen molar-refractivity contribution in [1.29, 1.82) is 5.26 Å². The van der Waals surface area contributed by atoms with Crippen LogP contribution in [0.1, 0.15) is 32.7 Å². The van der Waals surface area contributed by atoms with Crippen molar-refractivity contribution >= 4 is 11.8 Å². The molecule has 0 saturated carbocycles. The van der Waals surface area contributed by atoms with Crippen LogP contribution < -0.4 is 4.74 Å². The Balaban J connectivity index is 1.57. The number of nitrogens with zero attached hydrogens (tertiary/aromatic N) is 2. The SMILES string of the molecule is N#Cc1ccccc1OCCCN1C(=O)c2ccccc2C1=O. The fourth-order valence-electron chi connectivity index (χ4n) is 2.53. The first kappa shape index (κ1) is 14.8. The first-order valence-corrected chi connectivity index (χ1v) is 7.29. The molecule has 2 amide bonds. The van der Waals surface area contributed by atoms with Crippen LogP contribution in [0, 0.1) is 11.3 Å². The van der Waals surface area contributed by atoms with Crippen LogP contribution >= 0.6 is 0 Å². The van der Waals surface area contributed by atoms with Crippen molar-refractivity contribution in [1.82, 2.24) is 4.90 Å². The summed E-state index contributed by atoms with van der Waals surface area (Å²) in [5.41, 5.74) is 1.37. The predicted molar refractivity (Wildman–Crippen MR) is 83.1 cm³/mol.